The number of nitrogens with zero attached hydrogens (tertiary/aromatic N) is 1. The summed E-state index contributed by atoms with van der Waals surface area (Å²) in [7, 11) is 0. The second-order valence-electron chi connectivity index (χ2n) is 5.91. The van der Waals surface area contributed by atoms with Crippen LogP contribution in [0, 0.1) is 11.3 Å². The number of carboxylic acid groups (broad SMARTS) is 1. The Kier molecular flexibility index (Phi) is 3.12. The van der Waals surface area contributed by atoms with Crippen LogP contribution in [0.25, 0.3) is 0 Å². The molecule has 1 saturated heterocycles. The Morgan fingerprint density at radius 2 is 2.05 bits per heavy atom. The van der Waals surface area contributed by atoms with Gasteiger partial charge in [-0.05, 0) is 0 Å². The van der Waals surface area contributed by atoms with Crippen molar-refractivity contribution < 1.29 is 19.5 Å². The number of ketones is 1. The lowest BCUT2D eigenvalue weighted by Crippen LogP contribution is -2.31. The van der Waals surface area contributed by atoms with Gasteiger partial charge >= 0.3 is 5.97 Å². The molecule has 0 radical (unpaired) electrons. The number of carbonyl (C=O) groups is 3. The molecule has 0 aromatic carbocycles. The first-order valence-corrected chi connectivity index (χ1v) is 6.29. The number of fused-ring (bicyclic) bond motifs is 1. The SMILES string of the molecule is CC(C)(C)C(=O)C1=C2NCCN2C(=O)[C@@H]1CC(=O)O. The average molecular weight is 266 g/mol. The highest BCUT2D eigenvalue weighted by Crippen LogP contribution is 2.37. The summed E-state index contributed by atoms with van der Waals surface area (Å²) in [5.41, 5.74) is -0.308. The van der Waals surface area contributed by atoms with Gasteiger partial charge in [0, 0.05) is 24.1 Å². The molecule has 1 atom stereocenters. The monoisotopic (exact) mass is 266 g/mol. The van der Waals surface area contributed by atoms with Crippen LogP contribution in [0.1, 0.15) is 27.2 Å². The summed E-state index contributed by atoms with van der Waals surface area (Å²) in [4.78, 5) is 37.1. The van der Waals surface area contributed by atoms with Gasteiger partial charge in [0.15, 0.2) is 5.78 Å². The minimum Gasteiger partial charge on any atom is -0.481 e. The molecule has 0 unspecified atom stereocenters. The topological polar surface area (TPSA) is 86.7 Å². The van der Waals surface area contributed by atoms with E-state index in [1.807, 2.05) is 0 Å². The summed E-state index contributed by atoms with van der Waals surface area (Å²) in [6.45, 7) is 6.39. The van der Waals surface area contributed by atoms with Crippen molar-refractivity contribution in [3.63, 3.8) is 0 Å². The van der Waals surface area contributed by atoms with Crippen LogP contribution in [0.5, 0.6) is 0 Å². The largest absolute Gasteiger partial charge is 0.481 e. The molecule has 0 bridgehead atoms. The Balaban J connectivity index is 2.44. The molecule has 1 amide bonds. The van der Waals surface area contributed by atoms with Gasteiger partial charge in [-0.1, -0.05) is 20.8 Å². The maximum atomic E-state index is 12.5. The predicted octanol–water partition coefficient (Wildman–Crippen LogP) is 0.350. The fraction of sp³-hybridized carbons (Fsp3) is 0.615. The molecule has 6 heteroatoms. The zero-order valence-electron chi connectivity index (χ0n) is 11.3. The second-order valence-corrected chi connectivity index (χ2v) is 5.91. The van der Waals surface area contributed by atoms with E-state index in [1.54, 1.807) is 20.8 Å². The second kappa shape index (κ2) is 4.36. The first-order chi connectivity index (χ1) is 8.73. The third-order valence-electron chi connectivity index (χ3n) is 3.37. The summed E-state index contributed by atoms with van der Waals surface area (Å²) in [6, 6.07) is 0. The zero-order chi connectivity index (χ0) is 14.4. The van der Waals surface area contributed by atoms with E-state index in [2.05, 4.69) is 5.32 Å². The Labute approximate surface area is 111 Å². The number of carboxylic acids is 1. The third kappa shape index (κ3) is 2.22. The summed E-state index contributed by atoms with van der Waals surface area (Å²) in [6.07, 6.45) is -0.336. The molecule has 1 fully saturated rings. The van der Waals surface area contributed by atoms with Crippen LogP contribution in [0.3, 0.4) is 0 Å². The van der Waals surface area contributed by atoms with Gasteiger partial charge in [0.05, 0.1) is 12.3 Å². The minimum atomic E-state index is -1.07. The van der Waals surface area contributed by atoms with Crippen molar-refractivity contribution in [1.82, 2.24) is 10.2 Å². The van der Waals surface area contributed by atoms with Crippen molar-refractivity contribution in [2.45, 2.75) is 27.2 Å². The van der Waals surface area contributed by atoms with Crippen molar-refractivity contribution >= 4 is 17.7 Å². The normalized spacial score (nSPS) is 22.6. The van der Waals surface area contributed by atoms with E-state index < -0.39 is 17.3 Å². The molecule has 2 aliphatic rings. The Bertz CT molecular complexity index is 487. The van der Waals surface area contributed by atoms with Gasteiger partial charge in [0.1, 0.15) is 5.82 Å². The van der Waals surface area contributed by atoms with E-state index >= 15 is 0 Å². The summed E-state index contributed by atoms with van der Waals surface area (Å²) in [5, 5.41) is 12.0. The van der Waals surface area contributed by atoms with Crippen molar-refractivity contribution in [3.8, 4) is 0 Å². The summed E-state index contributed by atoms with van der Waals surface area (Å²) in [5.74, 6) is -1.86. The first kappa shape index (κ1) is 13.6. The standard InChI is InChI=1S/C13H18N2O4/c1-13(2,3)10(18)9-7(6-8(16)17)12(19)15-5-4-14-11(9)15/h7,14H,4-6H2,1-3H3,(H,16,17)/t7-/m1/s1. The van der Waals surface area contributed by atoms with Crippen LogP contribution in [-0.4, -0.2) is 40.8 Å². The number of carbonyl (C=O) groups excluding carboxylic acids is 2. The zero-order valence-corrected chi connectivity index (χ0v) is 11.3. The van der Waals surface area contributed by atoms with Crippen molar-refractivity contribution in [1.29, 1.82) is 0 Å². The number of rotatable bonds is 3. The Hall–Kier alpha value is -1.85. The molecule has 2 aliphatic heterocycles. The average Bonchev–Trinajstić information content (AvgIpc) is 2.81. The molecule has 0 aromatic heterocycles. The maximum absolute atomic E-state index is 12.5. The van der Waals surface area contributed by atoms with E-state index in [0.717, 1.165) is 0 Å². The summed E-state index contributed by atoms with van der Waals surface area (Å²) >= 11 is 0. The highest BCUT2D eigenvalue weighted by Gasteiger charge is 2.47. The number of aliphatic carboxylic acids is 1. The Morgan fingerprint density at radius 3 is 2.58 bits per heavy atom. The molecule has 0 spiro atoms. The van der Waals surface area contributed by atoms with Crippen molar-refractivity contribution in [2.24, 2.45) is 11.3 Å². The van der Waals surface area contributed by atoms with Gasteiger partial charge in [-0.25, -0.2) is 0 Å². The predicted molar refractivity (Wildman–Crippen MR) is 66.9 cm³/mol. The molecule has 0 aromatic rings. The number of Topliss-reactive ketones (excluding diaryl/α,β-unsaturated/α-hetero) is 1. The van der Waals surface area contributed by atoms with Gasteiger partial charge < -0.3 is 10.4 Å². The van der Waals surface area contributed by atoms with Crippen LogP contribution >= 0.6 is 0 Å². The van der Waals surface area contributed by atoms with Crippen LogP contribution in [-0.2, 0) is 14.4 Å². The van der Waals surface area contributed by atoms with Crippen LogP contribution in [0.4, 0.5) is 0 Å². The molecule has 0 saturated carbocycles. The molecule has 2 rings (SSSR count). The van der Waals surface area contributed by atoms with Crippen molar-refractivity contribution in [2.75, 3.05) is 13.1 Å². The lowest BCUT2D eigenvalue weighted by Gasteiger charge is -2.20. The molecular formula is C13H18N2O4. The highest BCUT2D eigenvalue weighted by molar-refractivity contribution is 6.08. The van der Waals surface area contributed by atoms with Gasteiger partial charge in [-0.3, -0.25) is 19.3 Å². The highest BCUT2D eigenvalue weighted by atomic mass is 16.4. The van der Waals surface area contributed by atoms with Crippen LogP contribution in [0.15, 0.2) is 11.4 Å². The molecule has 2 N–H and O–H groups in total. The molecule has 0 aliphatic carbocycles. The number of amides is 1. The van der Waals surface area contributed by atoms with Gasteiger partial charge in [0.2, 0.25) is 5.91 Å². The molecule has 2 heterocycles. The van der Waals surface area contributed by atoms with E-state index in [-0.39, 0.29) is 18.1 Å². The number of hydrogen-bond donors (Lipinski definition) is 2. The number of hydrogen-bond acceptors (Lipinski definition) is 4. The summed E-state index contributed by atoms with van der Waals surface area (Å²) < 4.78 is 0. The fourth-order valence-electron chi connectivity index (χ4n) is 2.46. The van der Waals surface area contributed by atoms with Gasteiger partial charge in [0.25, 0.3) is 0 Å². The van der Waals surface area contributed by atoms with Gasteiger partial charge in [-0.2, -0.15) is 0 Å². The molecule has 104 valence electrons. The fourth-order valence-corrected chi connectivity index (χ4v) is 2.46. The minimum absolute atomic E-state index is 0.168. The lowest BCUT2D eigenvalue weighted by molar-refractivity contribution is -0.142. The molecule has 19 heavy (non-hydrogen) atoms. The van der Waals surface area contributed by atoms with E-state index in [9.17, 15) is 14.4 Å². The Morgan fingerprint density at radius 1 is 1.42 bits per heavy atom. The molecular weight excluding hydrogens is 248 g/mol. The third-order valence-corrected chi connectivity index (χ3v) is 3.37. The first-order valence-electron chi connectivity index (χ1n) is 6.29. The van der Waals surface area contributed by atoms with Gasteiger partial charge in [-0.15, -0.1) is 0 Å². The van der Waals surface area contributed by atoms with E-state index in [0.29, 0.717) is 24.5 Å². The van der Waals surface area contributed by atoms with E-state index in [1.165, 1.54) is 4.90 Å². The molecule has 6 nitrogen and oxygen atoms in total. The van der Waals surface area contributed by atoms with Crippen LogP contribution in [0.2, 0.25) is 0 Å². The van der Waals surface area contributed by atoms with E-state index in [4.69, 9.17) is 5.11 Å². The quantitative estimate of drug-likeness (QED) is 0.769. The number of nitrogens with one attached hydrogen (secondary N) is 1. The van der Waals surface area contributed by atoms with Crippen molar-refractivity contribution in [3.05, 3.63) is 11.4 Å². The van der Waals surface area contributed by atoms with Crippen LogP contribution < -0.4 is 5.32 Å². The maximum Gasteiger partial charge on any atom is 0.304 e. The lowest BCUT2D eigenvalue weighted by atomic mass is 9.81. The smallest absolute Gasteiger partial charge is 0.304 e.